The molecular formula is C23H25Cl2NO4. The summed E-state index contributed by atoms with van der Waals surface area (Å²) in [5.74, 6) is -1.64. The number of hydrogen-bond acceptors (Lipinski definition) is 3. The van der Waals surface area contributed by atoms with E-state index in [1.807, 2.05) is 31.2 Å². The van der Waals surface area contributed by atoms with E-state index in [4.69, 9.17) is 27.9 Å². The van der Waals surface area contributed by atoms with Crippen LogP contribution in [0.15, 0.2) is 42.5 Å². The number of methoxy groups -OCH3 is 1. The highest BCUT2D eigenvalue weighted by atomic mass is 35.5. The third-order valence-corrected chi connectivity index (χ3v) is 6.59. The minimum absolute atomic E-state index is 0.00425. The van der Waals surface area contributed by atoms with Gasteiger partial charge in [0.25, 0.3) is 0 Å². The van der Waals surface area contributed by atoms with Gasteiger partial charge in [-0.15, -0.1) is 0 Å². The van der Waals surface area contributed by atoms with Crippen molar-refractivity contribution >= 4 is 35.1 Å². The second-order valence-corrected chi connectivity index (χ2v) is 8.69. The molecule has 1 fully saturated rings. The molecule has 0 radical (unpaired) electrons. The summed E-state index contributed by atoms with van der Waals surface area (Å²) in [6.07, 6.45) is 1.49. The lowest BCUT2D eigenvalue weighted by Crippen LogP contribution is -2.61. The Morgan fingerprint density at radius 3 is 2.43 bits per heavy atom. The average Bonchev–Trinajstić information content (AvgIpc) is 2.71. The van der Waals surface area contributed by atoms with Crippen molar-refractivity contribution < 1.29 is 19.4 Å². The Labute approximate surface area is 186 Å². The number of carbonyl (C=O) groups is 2. The lowest BCUT2D eigenvalue weighted by atomic mass is 9.72. The highest BCUT2D eigenvalue weighted by Crippen LogP contribution is 2.35. The fourth-order valence-electron chi connectivity index (χ4n) is 4.12. The zero-order valence-electron chi connectivity index (χ0n) is 17.0. The molecule has 0 saturated heterocycles. The van der Waals surface area contributed by atoms with Crippen molar-refractivity contribution in [3.05, 3.63) is 58.1 Å². The van der Waals surface area contributed by atoms with Crippen LogP contribution in [-0.2, 0) is 20.7 Å². The van der Waals surface area contributed by atoms with Crippen LogP contribution in [-0.4, -0.2) is 35.7 Å². The molecule has 0 aliphatic heterocycles. The summed E-state index contributed by atoms with van der Waals surface area (Å²) >= 11 is 12.3. The van der Waals surface area contributed by atoms with Crippen molar-refractivity contribution in [1.82, 2.24) is 5.32 Å². The number of carbonyl (C=O) groups excluding carboxylic acids is 1. The van der Waals surface area contributed by atoms with Crippen LogP contribution in [0.3, 0.4) is 0 Å². The molecule has 2 N–H and O–H groups in total. The molecule has 1 amide bonds. The number of halogens is 2. The molecule has 0 bridgehead atoms. The molecule has 1 aliphatic rings. The number of hydrogen-bond donors (Lipinski definition) is 2. The highest BCUT2D eigenvalue weighted by molar-refractivity contribution is 6.31. The Morgan fingerprint density at radius 2 is 1.83 bits per heavy atom. The van der Waals surface area contributed by atoms with Crippen LogP contribution in [0.5, 0.6) is 0 Å². The summed E-state index contributed by atoms with van der Waals surface area (Å²) < 4.78 is 5.38. The van der Waals surface area contributed by atoms with Gasteiger partial charge in [-0.3, -0.25) is 4.79 Å². The molecule has 3 atom stereocenters. The SMILES string of the molecule is COC1CC[C@@](NC(=O)Cc2cc(-c3ccc(Cl)cc3)ccc2Cl)(C(=O)O)[C@@H](C)C1. The number of carboxylic acid groups (broad SMARTS) is 1. The summed E-state index contributed by atoms with van der Waals surface area (Å²) in [4.78, 5) is 25.0. The number of nitrogens with one attached hydrogen (secondary N) is 1. The van der Waals surface area contributed by atoms with E-state index in [0.29, 0.717) is 34.9 Å². The Balaban J connectivity index is 1.79. The van der Waals surface area contributed by atoms with E-state index >= 15 is 0 Å². The molecule has 160 valence electrons. The third kappa shape index (κ3) is 4.80. The summed E-state index contributed by atoms with van der Waals surface area (Å²) in [6.45, 7) is 1.84. The van der Waals surface area contributed by atoms with Gasteiger partial charge in [0.15, 0.2) is 0 Å². The predicted octanol–water partition coefficient (Wildman–Crippen LogP) is 4.98. The van der Waals surface area contributed by atoms with Crippen LogP contribution in [0.2, 0.25) is 10.0 Å². The summed E-state index contributed by atoms with van der Waals surface area (Å²) in [5.41, 5.74) is 1.19. The molecule has 1 aliphatic carbocycles. The van der Waals surface area contributed by atoms with E-state index in [2.05, 4.69) is 5.32 Å². The third-order valence-electron chi connectivity index (χ3n) is 5.97. The van der Waals surface area contributed by atoms with Gasteiger partial charge in [0.05, 0.1) is 12.5 Å². The molecule has 0 heterocycles. The van der Waals surface area contributed by atoms with Gasteiger partial charge in [0.1, 0.15) is 5.54 Å². The molecule has 5 nitrogen and oxygen atoms in total. The largest absolute Gasteiger partial charge is 0.479 e. The van der Waals surface area contributed by atoms with E-state index in [1.165, 1.54) is 0 Å². The first-order chi connectivity index (χ1) is 14.2. The first-order valence-electron chi connectivity index (χ1n) is 9.86. The van der Waals surface area contributed by atoms with Gasteiger partial charge in [-0.05, 0) is 66.1 Å². The second-order valence-electron chi connectivity index (χ2n) is 7.85. The van der Waals surface area contributed by atoms with Gasteiger partial charge in [-0.1, -0.05) is 48.3 Å². The fraction of sp³-hybridized carbons (Fsp3) is 0.391. The van der Waals surface area contributed by atoms with Gasteiger partial charge < -0.3 is 15.2 Å². The van der Waals surface area contributed by atoms with E-state index in [-0.39, 0.29) is 24.3 Å². The summed E-state index contributed by atoms with van der Waals surface area (Å²) in [6, 6.07) is 12.9. The van der Waals surface area contributed by atoms with Gasteiger partial charge >= 0.3 is 5.97 Å². The second kappa shape index (κ2) is 9.38. The van der Waals surface area contributed by atoms with Gasteiger partial charge in [-0.2, -0.15) is 0 Å². The number of rotatable bonds is 6. The number of benzene rings is 2. The maximum Gasteiger partial charge on any atom is 0.329 e. The molecule has 3 rings (SSSR count). The van der Waals surface area contributed by atoms with Crippen molar-refractivity contribution in [2.75, 3.05) is 7.11 Å². The molecular weight excluding hydrogens is 425 g/mol. The monoisotopic (exact) mass is 449 g/mol. The van der Waals surface area contributed by atoms with Crippen LogP contribution in [0, 0.1) is 5.92 Å². The summed E-state index contributed by atoms with van der Waals surface area (Å²) in [7, 11) is 1.62. The highest BCUT2D eigenvalue weighted by Gasteiger charge is 2.48. The molecule has 2 aromatic carbocycles. The number of carboxylic acids is 1. The van der Waals surface area contributed by atoms with Gasteiger partial charge in [0, 0.05) is 17.2 Å². The van der Waals surface area contributed by atoms with Crippen molar-refractivity contribution in [3.8, 4) is 11.1 Å². The predicted molar refractivity (Wildman–Crippen MR) is 118 cm³/mol. The van der Waals surface area contributed by atoms with E-state index in [1.54, 1.807) is 25.3 Å². The van der Waals surface area contributed by atoms with Crippen molar-refractivity contribution in [3.63, 3.8) is 0 Å². The Kier molecular flexibility index (Phi) is 7.06. The molecule has 0 spiro atoms. The molecule has 2 aromatic rings. The first kappa shape index (κ1) is 22.6. The maximum atomic E-state index is 12.8. The van der Waals surface area contributed by atoms with E-state index in [9.17, 15) is 14.7 Å². The Bertz CT molecular complexity index is 931. The number of amides is 1. The minimum atomic E-state index is -1.30. The van der Waals surface area contributed by atoms with Crippen molar-refractivity contribution in [2.45, 2.75) is 44.2 Å². The lowest BCUT2D eigenvalue weighted by Gasteiger charge is -2.42. The Morgan fingerprint density at radius 1 is 1.17 bits per heavy atom. The molecule has 0 aromatic heterocycles. The molecule has 1 unspecified atom stereocenters. The van der Waals surface area contributed by atoms with Crippen molar-refractivity contribution in [1.29, 1.82) is 0 Å². The minimum Gasteiger partial charge on any atom is -0.479 e. The van der Waals surface area contributed by atoms with Crippen LogP contribution in [0.4, 0.5) is 0 Å². The van der Waals surface area contributed by atoms with E-state index < -0.39 is 11.5 Å². The van der Waals surface area contributed by atoms with Crippen LogP contribution < -0.4 is 5.32 Å². The zero-order valence-corrected chi connectivity index (χ0v) is 18.5. The topological polar surface area (TPSA) is 75.6 Å². The molecule has 1 saturated carbocycles. The lowest BCUT2D eigenvalue weighted by molar-refractivity contribution is -0.153. The first-order valence-corrected chi connectivity index (χ1v) is 10.6. The van der Waals surface area contributed by atoms with E-state index in [0.717, 1.165) is 11.1 Å². The number of ether oxygens (including phenoxy) is 1. The quantitative estimate of drug-likeness (QED) is 0.651. The van der Waals surface area contributed by atoms with Crippen molar-refractivity contribution in [2.24, 2.45) is 5.92 Å². The smallest absolute Gasteiger partial charge is 0.329 e. The molecule has 7 heteroatoms. The maximum absolute atomic E-state index is 12.8. The molecule has 30 heavy (non-hydrogen) atoms. The fourth-order valence-corrected chi connectivity index (χ4v) is 4.43. The van der Waals surface area contributed by atoms with Gasteiger partial charge in [-0.25, -0.2) is 4.79 Å². The van der Waals surface area contributed by atoms with Gasteiger partial charge in [0.2, 0.25) is 5.91 Å². The summed E-state index contributed by atoms with van der Waals surface area (Å²) in [5, 5.41) is 13.8. The normalized spacial score (nSPS) is 23.7. The zero-order chi connectivity index (χ0) is 21.9. The van der Waals surface area contributed by atoms with Crippen LogP contribution in [0.1, 0.15) is 31.7 Å². The Hall–Kier alpha value is -2.08. The average molecular weight is 450 g/mol. The number of aliphatic carboxylic acids is 1. The van der Waals surface area contributed by atoms with Crippen LogP contribution >= 0.6 is 23.2 Å². The van der Waals surface area contributed by atoms with Crippen LogP contribution in [0.25, 0.3) is 11.1 Å². The standard InChI is InChI=1S/C23H25Cl2NO4/c1-14-11-19(30-2)9-10-23(14,22(28)29)26-21(27)13-17-12-16(5-8-20(17)25)15-3-6-18(24)7-4-15/h3-8,12,14,19H,9-11,13H2,1-2H3,(H,26,27)(H,28,29)/t14-,19?,23-/m0/s1.